The summed E-state index contributed by atoms with van der Waals surface area (Å²) in [7, 11) is 3.39. The summed E-state index contributed by atoms with van der Waals surface area (Å²) in [5.74, 6) is 0.282. The van der Waals surface area contributed by atoms with Crippen LogP contribution in [0.3, 0.4) is 0 Å². The lowest BCUT2D eigenvalue weighted by atomic mass is 10.5. The number of nitrogens with zero attached hydrogens (tertiary/aromatic N) is 5. The smallest absolute Gasteiger partial charge is 0.212 e. The highest BCUT2D eigenvalue weighted by Gasteiger charge is 2.02. The van der Waals surface area contributed by atoms with E-state index in [-0.39, 0.29) is 5.82 Å². The molecule has 13 heavy (non-hydrogen) atoms. The fourth-order valence-electron chi connectivity index (χ4n) is 0.599. The Kier molecular flexibility index (Phi) is 2.94. The van der Waals surface area contributed by atoms with Gasteiger partial charge in [0.15, 0.2) is 5.69 Å². The van der Waals surface area contributed by atoms with Crippen LogP contribution < -0.4 is 5.43 Å². The van der Waals surface area contributed by atoms with Gasteiger partial charge in [0.1, 0.15) is 6.07 Å². The SMILES string of the molecule is CNN(C)/N=N/c1nc[nH]c1C#N. The van der Waals surface area contributed by atoms with Crippen LogP contribution >= 0.6 is 0 Å². The van der Waals surface area contributed by atoms with Gasteiger partial charge in [0.25, 0.3) is 0 Å². The number of hydrazine groups is 1. The lowest BCUT2D eigenvalue weighted by molar-refractivity contribution is 0.256. The topological polar surface area (TPSA) is 92.5 Å². The molecule has 0 saturated heterocycles. The lowest BCUT2D eigenvalue weighted by Gasteiger charge is -2.06. The Hall–Kier alpha value is -1.94. The fourth-order valence-corrected chi connectivity index (χ4v) is 0.599. The lowest BCUT2D eigenvalue weighted by Crippen LogP contribution is -2.24. The van der Waals surface area contributed by atoms with Gasteiger partial charge in [0, 0.05) is 14.1 Å². The summed E-state index contributed by atoms with van der Waals surface area (Å²) in [4.78, 5) is 6.43. The highest BCUT2D eigenvalue weighted by Crippen LogP contribution is 2.11. The van der Waals surface area contributed by atoms with Crippen LogP contribution in [0.4, 0.5) is 5.82 Å². The second-order valence-corrected chi connectivity index (χ2v) is 2.15. The van der Waals surface area contributed by atoms with Gasteiger partial charge in [-0.05, 0) is 0 Å². The van der Waals surface area contributed by atoms with Crippen LogP contribution in [0.15, 0.2) is 16.7 Å². The summed E-state index contributed by atoms with van der Waals surface area (Å²) in [5, 5.41) is 17.4. The quantitative estimate of drug-likeness (QED) is 0.517. The molecule has 7 heteroatoms. The van der Waals surface area contributed by atoms with E-state index in [2.05, 4.69) is 25.7 Å². The Morgan fingerprint density at radius 2 is 2.54 bits per heavy atom. The van der Waals surface area contributed by atoms with Crippen molar-refractivity contribution in [1.29, 1.82) is 5.26 Å². The predicted octanol–water partition coefficient (Wildman–Crippen LogP) is 0.346. The molecule has 0 aliphatic heterocycles. The molecular weight excluding hydrogens is 170 g/mol. The van der Waals surface area contributed by atoms with Crippen molar-refractivity contribution in [2.45, 2.75) is 0 Å². The number of H-pyrrole nitrogens is 1. The van der Waals surface area contributed by atoms with Crippen LogP contribution in [-0.2, 0) is 0 Å². The van der Waals surface area contributed by atoms with E-state index in [1.807, 2.05) is 6.07 Å². The number of hydrogen-bond acceptors (Lipinski definition) is 5. The maximum atomic E-state index is 8.58. The van der Waals surface area contributed by atoms with Crippen molar-refractivity contribution < 1.29 is 0 Å². The Labute approximate surface area is 75.0 Å². The molecule has 0 amide bonds. The number of nitrogens with one attached hydrogen (secondary N) is 2. The first-order valence-electron chi connectivity index (χ1n) is 3.54. The summed E-state index contributed by atoms with van der Waals surface area (Å²) < 4.78 is 0. The van der Waals surface area contributed by atoms with Crippen molar-refractivity contribution in [3.8, 4) is 6.07 Å². The second kappa shape index (κ2) is 4.18. The number of aromatic amines is 1. The normalized spacial score (nSPS) is 10.2. The highest BCUT2D eigenvalue weighted by atomic mass is 15.7. The van der Waals surface area contributed by atoms with Gasteiger partial charge in [-0.15, -0.1) is 5.11 Å². The number of aromatic nitrogens is 2. The summed E-state index contributed by atoms with van der Waals surface area (Å²) >= 11 is 0. The van der Waals surface area contributed by atoms with E-state index in [1.165, 1.54) is 11.4 Å². The zero-order valence-electron chi connectivity index (χ0n) is 7.31. The Bertz CT molecular complexity index is 333. The van der Waals surface area contributed by atoms with E-state index in [9.17, 15) is 0 Å². The number of nitriles is 1. The molecule has 0 radical (unpaired) electrons. The van der Waals surface area contributed by atoms with Gasteiger partial charge in [-0.2, -0.15) is 5.26 Å². The van der Waals surface area contributed by atoms with E-state index < -0.39 is 0 Å². The number of imidazole rings is 1. The molecule has 1 rings (SSSR count). The van der Waals surface area contributed by atoms with Crippen molar-refractivity contribution >= 4 is 5.82 Å². The predicted molar refractivity (Wildman–Crippen MR) is 44.6 cm³/mol. The molecule has 1 aromatic rings. The van der Waals surface area contributed by atoms with Gasteiger partial charge in [-0.3, -0.25) is 0 Å². The minimum atomic E-state index is 0.282. The molecule has 0 unspecified atom stereocenters. The molecule has 0 aliphatic carbocycles. The second-order valence-electron chi connectivity index (χ2n) is 2.15. The van der Waals surface area contributed by atoms with Crippen molar-refractivity contribution in [3.05, 3.63) is 12.0 Å². The van der Waals surface area contributed by atoms with Crippen LogP contribution in [0.5, 0.6) is 0 Å². The zero-order chi connectivity index (χ0) is 9.68. The Balaban J connectivity index is 2.75. The molecule has 1 heterocycles. The molecule has 1 aromatic heterocycles. The summed E-state index contributed by atoms with van der Waals surface area (Å²) in [5.41, 5.74) is 3.02. The van der Waals surface area contributed by atoms with Crippen LogP contribution in [0.25, 0.3) is 0 Å². The standard InChI is InChI=1S/C6H9N7/c1-8-13(2)12-11-6-5(3-7)9-4-10-6/h4,8H,1-2H3,(H,9,10)/b12-11+. The first kappa shape index (κ1) is 9.15. The maximum Gasteiger partial charge on any atom is 0.212 e. The van der Waals surface area contributed by atoms with Crippen molar-refractivity contribution in [2.24, 2.45) is 10.3 Å². The largest absolute Gasteiger partial charge is 0.334 e. The van der Waals surface area contributed by atoms with E-state index in [4.69, 9.17) is 5.26 Å². The van der Waals surface area contributed by atoms with Crippen LogP contribution in [0.1, 0.15) is 5.69 Å². The minimum absolute atomic E-state index is 0.282. The molecule has 0 bridgehead atoms. The minimum Gasteiger partial charge on any atom is -0.334 e. The molecule has 0 aromatic carbocycles. The zero-order valence-corrected chi connectivity index (χ0v) is 7.31. The van der Waals surface area contributed by atoms with E-state index in [0.29, 0.717) is 5.69 Å². The number of rotatable bonds is 3. The van der Waals surface area contributed by atoms with E-state index in [0.717, 1.165) is 0 Å². The summed E-state index contributed by atoms with van der Waals surface area (Å²) in [6.07, 6.45) is 1.40. The third-order valence-corrected chi connectivity index (χ3v) is 1.33. The average molecular weight is 179 g/mol. The molecule has 0 atom stereocenters. The summed E-state index contributed by atoms with van der Waals surface area (Å²) in [6, 6.07) is 1.91. The molecule has 68 valence electrons. The van der Waals surface area contributed by atoms with Crippen LogP contribution in [0.2, 0.25) is 0 Å². The van der Waals surface area contributed by atoms with Crippen LogP contribution in [0, 0.1) is 11.3 Å². The van der Waals surface area contributed by atoms with E-state index >= 15 is 0 Å². The van der Waals surface area contributed by atoms with Gasteiger partial charge in [-0.25, -0.2) is 15.5 Å². The third-order valence-electron chi connectivity index (χ3n) is 1.33. The first-order valence-corrected chi connectivity index (χ1v) is 3.54. The molecule has 0 saturated carbocycles. The third kappa shape index (κ3) is 2.25. The molecular formula is C6H9N7. The molecule has 0 fully saturated rings. The van der Waals surface area contributed by atoms with Crippen LogP contribution in [-0.4, -0.2) is 29.2 Å². The molecule has 0 spiro atoms. The monoisotopic (exact) mass is 179 g/mol. The van der Waals surface area contributed by atoms with Gasteiger partial charge in [0.05, 0.1) is 6.33 Å². The van der Waals surface area contributed by atoms with Gasteiger partial charge < -0.3 is 4.98 Å². The van der Waals surface area contributed by atoms with Crippen molar-refractivity contribution in [2.75, 3.05) is 14.1 Å². The molecule has 2 N–H and O–H groups in total. The Morgan fingerprint density at radius 1 is 1.77 bits per heavy atom. The van der Waals surface area contributed by atoms with Crippen molar-refractivity contribution in [3.63, 3.8) is 0 Å². The average Bonchev–Trinajstić information content (AvgIpc) is 2.61. The molecule has 7 nitrogen and oxygen atoms in total. The van der Waals surface area contributed by atoms with E-state index in [1.54, 1.807) is 14.1 Å². The van der Waals surface area contributed by atoms with Crippen molar-refractivity contribution in [1.82, 2.24) is 20.5 Å². The van der Waals surface area contributed by atoms with Gasteiger partial charge in [-0.1, -0.05) is 5.22 Å². The molecule has 0 aliphatic rings. The maximum absolute atomic E-state index is 8.58. The Morgan fingerprint density at radius 3 is 3.15 bits per heavy atom. The fraction of sp³-hybridized carbons (Fsp3) is 0.333. The summed E-state index contributed by atoms with van der Waals surface area (Å²) in [6.45, 7) is 0. The van der Waals surface area contributed by atoms with Gasteiger partial charge >= 0.3 is 0 Å². The first-order chi connectivity index (χ1) is 6.27. The highest BCUT2D eigenvalue weighted by molar-refractivity contribution is 5.41. The van der Waals surface area contributed by atoms with Gasteiger partial charge in [0.2, 0.25) is 5.82 Å². The number of hydrogen-bond donors (Lipinski definition) is 2.